The molecule has 2 heterocycles. The Hall–Kier alpha value is -2.90. The molecule has 0 spiro atoms. The topological polar surface area (TPSA) is 141 Å². The lowest BCUT2D eigenvalue weighted by Gasteiger charge is -1.98. The molecule has 3 aromatic rings. The van der Waals surface area contributed by atoms with Crippen molar-refractivity contribution in [2.45, 2.75) is 9.50 Å². The number of carbonyl (C=O) groups is 1. The summed E-state index contributed by atoms with van der Waals surface area (Å²) in [6.07, 6.45) is 3.35. The number of benzene rings is 1. The van der Waals surface area contributed by atoms with Crippen LogP contribution < -0.4 is 10.7 Å². The zero-order valence-electron chi connectivity index (χ0n) is 14.9. The molecule has 10 nitrogen and oxygen atoms in total. The van der Waals surface area contributed by atoms with Gasteiger partial charge >= 0.3 is 0 Å². The molecule has 0 aliphatic rings. The Labute approximate surface area is 178 Å². The number of phenols is 1. The van der Waals surface area contributed by atoms with Crippen molar-refractivity contribution in [1.82, 2.24) is 25.4 Å². The van der Waals surface area contributed by atoms with Gasteiger partial charge < -0.3 is 5.11 Å². The zero-order valence-corrected chi connectivity index (χ0v) is 17.4. The van der Waals surface area contributed by atoms with Gasteiger partial charge in [-0.15, -0.1) is 21.9 Å². The van der Waals surface area contributed by atoms with E-state index < -0.39 is 0 Å². The Bertz CT molecular complexity index is 986. The highest BCUT2D eigenvalue weighted by atomic mass is 32.2. The second-order valence-electron chi connectivity index (χ2n) is 5.24. The largest absolute Gasteiger partial charge is 0.508 e. The van der Waals surface area contributed by atoms with Crippen LogP contribution in [0.5, 0.6) is 5.75 Å². The van der Waals surface area contributed by atoms with E-state index in [2.05, 4.69) is 47.8 Å². The molecule has 0 aliphatic carbocycles. The van der Waals surface area contributed by atoms with Gasteiger partial charge in [-0.3, -0.25) is 10.1 Å². The molecule has 150 valence electrons. The third kappa shape index (κ3) is 6.89. The first kappa shape index (κ1) is 20.8. The average Bonchev–Trinajstić information content (AvgIpc) is 3.36. The SMILES string of the molecule is C=CCSc1nnc(NC(=O)CSc2n[nH]c(N/N=C\c3ccc(O)cc3)n2)s1. The Balaban J connectivity index is 1.42. The monoisotopic (exact) mass is 448 g/mol. The number of carbonyl (C=O) groups excluding carboxylic acids is 1. The second kappa shape index (κ2) is 10.6. The molecule has 0 atom stereocenters. The van der Waals surface area contributed by atoms with Gasteiger partial charge in [-0.1, -0.05) is 40.9 Å². The van der Waals surface area contributed by atoms with Crippen LogP contribution in [0.15, 0.2) is 51.5 Å². The van der Waals surface area contributed by atoms with Gasteiger partial charge in [0.25, 0.3) is 0 Å². The molecule has 0 fully saturated rings. The number of amides is 1. The summed E-state index contributed by atoms with van der Waals surface area (Å²) in [4.78, 5) is 16.2. The summed E-state index contributed by atoms with van der Waals surface area (Å²) in [7, 11) is 0. The molecule has 1 aromatic carbocycles. The third-order valence-corrected chi connectivity index (χ3v) is 5.87. The lowest BCUT2D eigenvalue weighted by molar-refractivity contribution is -0.113. The number of aromatic hydroxyl groups is 1. The minimum atomic E-state index is -0.226. The van der Waals surface area contributed by atoms with Crippen LogP contribution in [0.1, 0.15) is 5.56 Å². The number of H-pyrrole nitrogens is 1. The van der Waals surface area contributed by atoms with Crippen molar-refractivity contribution in [3.63, 3.8) is 0 Å². The van der Waals surface area contributed by atoms with E-state index in [9.17, 15) is 9.90 Å². The number of hydrogen-bond acceptors (Lipinski definition) is 11. The van der Waals surface area contributed by atoms with Crippen molar-refractivity contribution in [2.75, 3.05) is 22.2 Å². The molecule has 3 rings (SSSR count). The molecule has 0 bridgehead atoms. The molecule has 4 N–H and O–H groups in total. The third-order valence-electron chi connectivity index (χ3n) is 3.05. The molecule has 0 saturated heterocycles. The predicted molar refractivity (Wildman–Crippen MR) is 116 cm³/mol. The van der Waals surface area contributed by atoms with Gasteiger partial charge in [0.2, 0.25) is 22.1 Å². The van der Waals surface area contributed by atoms with Crippen LogP contribution in [-0.4, -0.2) is 54.1 Å². The number of nitrogens with zero attached hydrogens (tertiary/aromatic N) is 5. The van der Waals surface area contributed by atoms with Gasteiger partial charge in [-0.2, -0.15) is 10.1 Å². The van der Waals surface area contributed by atoms with E-state index in [1.54, 1.807) is 36.6 Å². The van der Waals surface area contributed by atoms with Crippen molar-refractivity contribution in [3.05, 3.63) is 42.5 Å². The average molecular weight is 449 g/mol. The van der Waals surface area contributed by atoms with Crippen LogP contribution >= 0.6 is 34.9 Å². The molecular formula is C16H16N8O2S3. The molecule has 0 saturated carbocycles. The van der Waals surface area contributed by atoms with Crippen molar-refractivity contribution in [1.29, 1.82) is 0 Å². The molecule has 0 radical (unpaired) electrons. The first-order chi connectivity index (χ1) is 14.1. The summed E-state index contributed by atoms with van der Waals surface area (Å²) in [5.74, 6) is 1.17. The predicted octanol–water partition coefficient (Wildman–Crippen LogP) is 2.82. The van der Waals surface area contributed by atoms with E-state index in [1.807, 2.05) is 0 Å². The lowest BCUT2D eigenvalue weighted by Crippen LogP contribution is -2.13. The van der Waals surface area contributed by atoms with E-state index in [0.29, 0.717) is 16.2 Å². The van der Waals surface area contributed by atoms with Gasteiger partial charge in [0.15, 0.2) is 4.34 Å². The number of hydrogen-bond donors (Lipinski definition) is 4. The van der Waals surface area contributed by atoms with Gasteiger partial charge in [0, 0.05) is 5.75 Å². The quantitative estimate of drug-likeness (QED) is 0.121. The van der Waals surface area contributed by atoms with E-state index in [1.165, 1.54) is 34.9 Å². The summed E-state index contributed by atoms with van der Waals surface area (Å²) in [5, 5.41) is 31.4. The highest BCUT2D eigenvalue weighted by Gasteiger charge is 2.11. The van der Waals surface area contributed by atoms with Crippen LogP contribution in [0, 0.1) is 0 Å². The molecule has 1 amide bonds. The van der Waals surface area contributed by atoms with Gasteiger partial charge in [0.1, 0.15) is 5.75 Å². The van der Waals surface area contributed by atoms with E-state index in [0.717, 1.165) is 15.7 Å². The van der Waals surface area contributed by atoms with Crippen molar-refractivity contribution < 1.29 is 9.90 Å². The normalized spacial score (nSPS) is 10.9. The number of aromatic nitrogens is 5. The van der Waals surface area contributed by atoms with E-state index >= 15 is 0 Å². The van der Waals surface area contributed by atoms with Crippen LogP contribution in [0.25, 0.3) is 0 Å². The molecule has 29 heavy (non-hydrogen) atoms. The zero-order chi connectivity index (χ0) is 20.5. The van der Waals surface area contributed by atoms with Crippen molar-refractivity contribution >= 4 is 58.1 Å². The van der Waals surface area contributed by atoms with E-state index in [-0.39, 0.29) is 17.4 Å². The Morgan fingerprint density at radius 1 is 1.31 bits per heavy atom. The first-order valence-corrected chi connectivity index (χ1v) is 10.9. The number of thioether (sulfide) groups is 2. The number of anilines is 2. The molecule has 2 aromatic heterocycles. The maximum Gasteiger partial charge on any atom is 0.240 e. The van der Waals surface area contributed by atoms with Crippen LogP contribution in [-0.2, 0) is 4.79 Å². The van der Waals surface area contributed by atoms with Crippen molar-refractivity contribution in [2.24, 2.45) is 5.10 Å². The highest BCUT2D eigenvalue weighted by Crippen LogP contribution is 2.25. The van der Waals surface area contributed by atoms with Crippen molar-refractivity contribution in [3.8, 4) is 5.75 Å². The highest BCUT2D eigenvalue weighted by molar-refractivity contribution is 8.01. The number of hydrazone groups is 1. The smallest absolute Gasteiger partial charge is 0.240 e. The molecule has 0 unspecified atom stereocenters. The van der Waals surface area contributed by atoms with Gasteiger partial charge in [0.05, 0.1) is 12.0 Å². The summed E-state index contributed by atoms with van der Waals surface area (Å²) >= 11 is 3.99. The fourth-order valence-corrected chi connectivity index (χ4v) is 3.95. The van der Waals surface area contributed by atoms with Crippen LogP contribution in [0.4, 0.5) is 11.1 Å². The molecule has 0 aliphatic heterocycles. The number of rotatable bonds is 10. The fourth-order valence-electron chi connectivity index (χ4n) is 1.82. The van der Waals surface area contributed by atoms with Crippen LogP contribution in [0.2, 0.25) is 0 Å². The summed E-state index contributed by atoms with van der Waals surface area (Å²) < 4.78 is 0.769. The summed E-state index contributed by atoms with van der Waals surface area (Å²) in [6, 6.07) is 6.58. The summed E-state index contributed by atoms with van der Waals surface area (Å²) in [5.41, 5.74) is 3.52. The molecule has 13 heteroatoms. The second-order valence-corrected chi connectivity index (χ2v) is 8.42. The van der Waals surface area contributed by atoms with Crippen LogP contribution in [0.3, 0.4) is 0 Å². The number of aromatic amines is 1. The minimum absolute atomic E-state index is 0.128. The lowest BCUT2D eigenvalue weighted by atomic mass is 10.2. The van der Waals surface area contributed by atoms with Gasteiger partial charge in [-0.05, 0) is 29.8 Å². The molecular weight excluding hydrogens is 432 g/mol. The first-order valence-electron chi connectivity index (χ1n) is 8.13. The Morgan fingerprint density at radius 2 is 2.14 bits per heavy atom. The summed E-state index contributed by atoms with van der Waals surface area (Å²) in [6.45, 7) is 3.65. The Morgan fingerprint density at radius 3 is 2.93 bits per heavy atom. The van der Waals surface area contributed by atoms with Gasteiger partial charge in [-0.25, -0.2) is 10.5 Å². The standard InChI is InChI=1S/C16H16N8O2S3/c1-2-7-27-16-24-23-15(29-16)18-12(26)9-28-14-19-13(21-22-14)20-17-8-10-3-5-11(25)6-4-10/h2-6,8,25H,1,7,9H2,(H,18,23,26)(H2,19,20,21,22)/b17-8-. The Kier molecular flexibility index (Phi) is 7.61. The fraction of sp³-hybridized carbons (Fsp3) is 0.125. The number of nitrogens with one attached hydrogen (secondary N) is 3. The minimum Gasteiger partial charge on any atom is -0.508 e. The maximum atomic E-state index is 12.0. The maximum absolute atomic E-state index is 12.0. The van der Waals surface area contributed by atoms with E-state index in [4.69, 9.17) is 0 Å². The number of phenolic OH excluding ortho intramolecular Hbond substituents is 1.